The molecule has 0 spiro atoms. The van der Waals surface area contributed by atoms with Crippen LogP contribution in [0.1, 0.15) is 81.4 Å². The Hall–Kier alpha value is -6.82. The largest absolute Gasteiger partial charge is 0.469 e. The molecule has 0 unspecified atom stereocenters. The molecule has 0 saturated carbocycles. The van der Waals surface area contributed by atoms with Gasteiger partial charge in [0.25, 0.3) is 0 Å². The van der Waals surface area contributed by atoms with E-state index in [1.54, 1.807) is 0 Å². The van der Waals surface area contributed by atoms with Crippen molar-refractivity contribution >= 4 is 35.2 Å². The molecular formula is C51H54N6O6. The van der Waals surface area contributed by atoms with E-state index < -0.39 is 18.1 Å². The van der Waals surface area contributed by atoms with Crippen LogP contribution in [0, 0.1) is 11.8 Å². The van der Waals surface area contributed by atoms with Gasteiger partial charge in [-0.2, -0.15) is 0 Å². The average molecular weight is 847 g/mol. The number of nitrogens with zero attached hydrogens (tertiary/aromatic N) is 4. The van der Waals surface area contributed by atoms with Crippen molar-refractivity contribution in [3.63, 3.8) is 0 Å². The quantitative estimate of drug-likeness (QED) is 0.112. The number of H-pyrrole nitrogens is 1. The minimum absolute atomic E-state index is 0.0106. The van der Waals surface area contributed by atoms with Gasteiger partial charge < -0.3 is 29.6 Å². The number of aromatic nitrogens is 2. The maximum Gasteiger partial charge on any atom is 0.407 e. The van der Waals surface area contributed by atoms with Gasteiger partial charge in [-0.1, -0.05) is 111 Å². The maximum atomic E-state index is 14.0. The van der Waals surface area contributed by atoms with Crippen LogP contribution in [0.2, 0.25) is 0 Å². The van der Waals surface area contributed by atoms with Crippen molar-refractivity contribution in [3.05, 3.63) is 132 Å². The topological polar surface area (TPSA) is 146 Å². The van der Waals surface area contributed by atoms with Crippen molar-refractivity contribution in [1.29, 1.82) is 0 Å². The highest BCUT2D eigenvalue weighted by Gasteiger charge is 2.39. The van der Waals surface area contributed by atoms with Gasteiger partial charge in [0.1, 0.15) is 11.9 Å². The lowest BCUT2D eigenvalue weighted by Gasteiger charge is -2.29. The molecule has 12 heteroatoms. The van der Waals surface area contributed by atoms with E-state index in [9.17, 15) is 19.2 Å². The number of aromatic amines is 1. The third kappa shape index (κ3) is 9.21. The summed E-state index contributed by atoms with van der Waals surface area (Å²) in [5, 5.41) is 2.74. The molecule has 2 N–H and O–H groups in total. The number of benzene rings is 4. The predicted molar refractivity (Wildman–Crippen MR) is 243 cm³/mol. The van der Waals surface area contributed by atoms with E-state index in [1.807, 2.05) is 84.6 Å². The first-order valence-electron chi connectivity index (χ1n) is 21.8. The fourth-order valence-electron chi connectivity index (χ4n) is 9.22. The molecule has 12 nitrogen and oxygen atoms in total. The Bertz CT molecular complexity index is 2510. The molecule has 0 aliphatic carbocycles. The van der Waals surface area contributed by atoms with Gasteiger partial charge >= 0.3 is 12.1 Å². The fourth-order valence-corrected chi connectivity index (χ4v) is 9.22. The van der Waals surface area contributed by atoms with Crippen LogP contribution in [0.4, 0.5) is 4.79 Å². The van der Waals surface area contributed by atoms with E-state index in [0.717, 1.165) is 81.9 Å². The number of alkyl carbamates (subject to hydrolysis) is 1. The van der Waals surface area contributed by atoms with Crippen LogP contribution in [0.3, 0.4) is 0 Å². The van der Waals surface area contributed by atoms with Crippen molar-refractivity contribution < 1.29 is 28.7 Å². The average Bonchev–Trinajstić information content (AvgIpc) is 4.17. The normalized spacial score (nSPS) is 18.2. The predicted octanol–water partition coefficient (Wildman–Crippen LogP) is 9.18. The summed E-state index contributed by atoms with van der Waals surface area (Å²) < 4.78 is 9.77. The number of methoxy groups -OCH3 is 2. The second kappa shape index (κ2) is 19.1. The molecule has 324 valence electrons. The summed E-state index contributed by atoms with van der Waals surface area (Å²) in [5.41, 5.74) is 9.94. The Morgan fingerprint density at radius 1 is 0.746 bits per heavy atom. The Morgan fingerprint density at radius 2 is 1.38 bits per heavy atom. The molecule has 1 aromatic heterocycles. The standard InChI is InChI=1S/C51H54N6O6/c1-32(2)40(29-46(58)62-3)49(59)57-26-12-18-45(57)48-53-31-43(54-48)37-23-24-39(41(27-37)34-13-7-5-8-14-34)35-21-19-33(20-22-35)38-28-42(52-30-38)44-17-11-25-56(44)50(60)47(55-51(61)63-4)36-15-9-6-10-16-36/h5-10,13-16,19-24,27,30-32,40,44-45,47H,11-12,17-18,25-26,28-29H2,1-4H3,(H,53,54)(H,55,61)/t40-,44-,45-,47+/m0/s1. The number of imidazole rings is 1. The molecule has 0 radical (unpaired) electrons. The molecule has 0 bridgehead atoms. The number of ether oxygens (including phenoxy) is 2. The minimum Gasteiger partial charge on any atom is -0.469 e. The summed E-state index contributed by atoms with van der Waals surface area (Å²) >= 11 is 0. The molecule has 4 atom stereocenters. The molecule has 3 aliphatic heterocycles. The van der Waals surface area contributed by atoms with Crippen LogP contribution < -0.4 is 5.32 Å². The molecule has 4 aromatic carbocycles. The summed E-state index contributed by atoms with van der Waals surface area (Å²) in [5.74, 6) is -0.320. The van der Waals surface area contributed by atoms with Gasteiger partial charge in [-0.15, -0.1) is 0 Å². The van der Waals surface area contributed by atoms with Crippen LogP contribution in [0.15, 0.2) is 121 Å². The number of aliphatic imine (C=N–C) groups is 1. The molecule has 3 aliphatic rings. The van der Waals surface area contributed by atoms with Crippen LogP contribution in [-0.4, -0.2) is 82.7 Å². The zero-order chi connectivity index (χ0) is 44.0. The highest BCUT2D eigenvalue weighted by atomic mass is 16.5. The van der Waals surface area contributed by atoms with Crippen molar-refractivity contribution in [3.8, 4) is 33.5 Å². The molecule has 4 heterocycles. The Balaban J connectivity index is 0.987. The first kappa shape index (κ1) is 42.9. The maximum absolute atomic E-state index is 14.0. The number of carbonyl (C=O) groups is 4. The van der Waals surface area contributed by atoms with E-state index in [4.69, 9.17) is 19.5 Å². The number of nitrogens with one attached hydrogen (secondary N) is 2. The van der Waals surface area contributed by atoms with Gasteiger partial charge in [0, 0.05) is 37.0 Å². The highest BCUT2D eigenvalue weighted by Crippen LogP contribution is 2.39. The van der Waals surface area contributed by atoms with Crippen LogP contribution in [-0.2, 0) is 23.9 Å². The number of rotatable bonds is 13. The van der Waals surface area contributed by atoms with Gasteiger partial charge in [0.05, 0.1) is 50.5 Å². The Labute approximate surface area is 368 Å². The number of likely N-dealkylation sites (tertiary alicyclic amines) is 2. The molecule has 3 amide bonds. The van der Waals surface area contributed by atoms with E-state index in [1.165, 1.54) is 14.2 Å². The van der Waals surface area contributed by atoms with Crippen LogP contribution in [0.25, 0.3) is 39.1 Å². The summed E-state index contributed by atoms with van der Waals surface area (Å²) in [6.45, 7) is 5.14. The minimum atomic E-state index is -0.864. The molecular weight excluding hydrogens is 793 g/mol. The third-order valence-corrected chi connectivity index (χ3v) is 12.7. The first-order chi connectivity index (χ1) is 30.6. The number of hydrogen-bond donors (Lipinski definition) is 2. The lowest BCUT2D eigenvalue weighted by Crippen LogP contribution is -2.47. The van der Waals surface area contributed by atoms with Crippen molar-refractivity contribution in [2.75, 3.05) is 27.3 Å². The smallest absolute Gasteiger partial charge is 0.407 e. The summed E-state index contributed by atoms with van der Waals surface area (Å²) in [4.78, 5) is 69.3. The third-order valence-electron chi connectivity index (χ3n) is 12.7. The number of amides is 3. The van der Waals surface area contributed by atoms with E-state index in [2.05, 4.69) is 64.9 Å². The van der Waals surface area contributed by atoms with Crippen LogP contribution in [0.5, 0.6) is 0 Å². The van der Waals surface area contributed by atoms with Gasteiger partial charge in [0.2, 0.25) is 11.8 Å². The highest BCUT2D eigenvalue weighted by molar-refractivity contribution is 6.04. The number of allylic oxidation sites excluding steroid dienone is 1. The van der Waals surface area contributed by atoms with Gasteiger partial charge in [-0.3, -0.25) is 19.4 Å². The fraction of sp³-hybridized carbons (Fsp3) is 0.333. The van der Waals surface area contributed by atoms with Gasteiger partial charge in [0.15, 0.2) is 0 Å². The number of esters is 1. The van der Waals surface area contributed by atoms with Gasteiger partial charge in [-0.05, 0) is 76.6 Å². The summed E-state index contributed by atoms with van der Waals surface area (Å²) in [6.07, 6.45) is 7.10. The first-order valence-corrected chi connectivity index (χ1v) is 21.8. The Morgan fingerprint density at radius 3 is 2.06 bits per heavy atom. The van der Waals surface area contributed by atoms with E-state index in [-0.39, 0.29) is 42.2 Å². The van der Waals surface area contributed by atoms with Crippen molar-refractivity contribution in [2.24, 2.45) is 16.8 Å². The molecule has 5 aromatic rings. The number of carbonyl (C=O) groups excluding carboxylic acids is 4. The van der Waals surface area contributed by atoms with E-state index in [0.29, 0.717) is 25.1 Å². The molecule has 2 saturated heterocycles. The molecule has 8 rings (SSSR count). The second-order valence-electron chi connectivity index (χ2n) is 16.8. The van der Waals surface area contributed by atoms with Crippen LogP contribution >= 0.6 is 0 Å². The van der Waals surface area contributed by atoms with Crippen molar-refractivity contribution in [2.45, 2.75) is 70.5 Å². The zero-order valence-electron chi connectivity index (χ0n) is 36.3. The van der Waals surface area contributed by atoms with E-state index >= 15 is 0 Å². The van der Waals surface area contributed by atoms with Crippen molar-refractivity contribution in [1.82, 2.24) is 25.1 Å². The lowest BCUT2D eigenvalue weighted by atomic mass is 9.90. The lowest BCUT2D eigenvalue weighted by molar-refractivity contribution is -0.148. The van der Waals surface area contributed by atoms with Gasteiger partial charge in [-0.25, -0.2) is 9.78 Å². The number of hydrogen-bond acceptors (Lipinski definition) is 8. The monoisotopic (exact) mass is 846 g/mol. The summed E-state index contributed by atoms with van der Waals surface area (Å²) in [6, 6.07) is 33.4. The molecule has 2 fully saturated rings. The zero-order valence-corrected chi connectivity index (χ0v) is 36.3. The second-order valence-corrected chi connectivity index (χ2v) is 16.8. The SMILES string of the molecule is COC(=O)C[C@H](C(=O)N1CCC[C@H]1c1ncc(-c2ccc(-c3ccc(C4=CN=C([C@@H]5CCCN5C(=O)[C@H](NC(=O)OC)c5ccccc5)C4)cc3)c(-c3ccccc3)c2)[nH]1)C(C)C. The Kier molecular flexibility index (Phi) is 13.0. The molecule has 63 heavy (non-hydrogen) atoms. The summed E-state index contributed by atoms with van der Waals surface area (Å²) in [7, 11) is 2.65.